The molecule has 1 aromatic heterocycles. The van der Waals surface area contributed by atoms with Crippen molar-refractivity contribution < 1.29 is 9.53 Å². The molecule has 0 aromatic carbocycles. The van der Waals surface area contributed by atoms with E-state index in [0.29, 0.717) is 12.2 Å². The Bertz CT molecular complexity index is 290. The summed E-state index contributed by atoms with van der Waals surface area (Å²) in [5.41, 5.74) is 0.317. The van der Waals surface area contributed by atoms with Crippen molar-refractivity contribution in [1.29, 1.82) is 0 Å². The van der Waals surface area contributed by atoms with Crippen LogP contribution in [0.4, 0.5) is 0 Å². The summed E-state index contributed by atoms with van der Waals surface area (Å²) in [6.07, 6.45) is 1.31. The summed E-state index contributed by atoms with van der Waals surface area (Å²) in [4.78, 5) is 11.0. The first-order valence-electron chi connectivity index (χ1n) is 3.39. The van der Waals surface area contributed by atoms with Gasteiger partial charge in [0.15, 0.2) is 5.15 Å². The molecule has 0 spiro atoms. The third-order valence-corrected chi connectivity index (χ3v) is 1.32. The van der Waals surface area contributed by atoms with Gasteiger partial charge < -0.3 is 4.74 Å². The summed E-state index contributed by atoms with van der Waals surface area (Å²) in [5, 5.41) is 7.18. The Morgan fingerprint density at radius 3 is 3.08 bits per heavy atom. The summed E-state index contributed by atoms with van der Waals surface area (Å²) in [5.74, 6) is -0.436. The van der Waals surface area contributed by atoms with E-state index in [4.69, 9.17) is 16.3 Å². The summed E-state index contributed by atoms with van der Waals surface area (Å²) in [7, 11) is 0. The first-order valence-corrected chi connectivity index (χ1v) is 3.77. The van der Waals surface area contributed by atoms with Gasteiger partial charge in [0.05, 0.1) is 18.4 Å². The Labute approximate surface area is 74.5 Å². The molecule has 1 rings (SSSR count). The van der Waals surface area contributed by atoms with Gasteiger partial charge >= 0.3 is 5.97 Å². The fraction of sp³-hybridized carbons (Fsp3) is 0.286. The summed E-state index contributed by atoms with van der Waals surface area (Å²) >= 11 is 5.51. The highest BCUT2D eigenvalue weighted by Crippen LogP contribution is 2.06. The Hall–Kier alpha value is -1.16. The SMILES string of the molecule is CCOC(=O)c1cnnc(Cl)c1. The van der Waals surface area contributed by atoms with Crippen LogP contribution in [0.15, 0.2) is 12.3 Å². The fourth-order valence-corrected chi connectivity index (χ4v) is 0.828. The lowest BCUT2D eigenvalue weighted by Crippen LogP contribution is -2.05. The number of ether oxygens (including phenoxy) is 1. The molecule has 0 saturated carbocycles. The molecule has 0 bridgehead atoms. The van der Waals surface area contributed by atoms with E-state index in [2.05, 4.69) is 10.2 Å². The van der Waals surface area contributed by atoms with Crippen molar-refractivity contribution in [2.24, 2.45) is 0 Å². The van der Waals surface area contributed by atoms with Gasteiger partial charge in [-0.1, -0.05) is 11.6 Å². The van der Waals surface area contributed by atoms with Gasteiger partial charge in [-0.15, -0.1) is 5.10 Å². The van der Waals surface area contributed by atoms with E-state index in [1.165, 1.54) is 12.3 Å². The smallest absolute Gasteiger partial charge is 0.339 e. The van der Waals surface area contributed by atoms with Gasteiger partial charge in [0.2, 0.25) is 0 Å². The standard InChI is InChI=1S/C7H7ClN2O2/c1-2-12-7(11)5-3-6(8)10-9-4-5/h3-4H,2H2,1H3. The van der Waals surface area contributed by atoms with Crippen molar-refractivity contribution in [1.82, 2.24) is 10.2 Å². The average molecular weight is 187 g/mol. The van der Waals surface area contributed by atoms with Crippen LogP contribution in [0, 0.1) is 0 Å². The predicted octanol–water partition coefficient (Wildman–Crippen LogP) is 1.31. The van der Waals surface area contributed by atoms with Gasteiger partial charge in [0.25, 0.3) is 0 Å². The molecule has 0 radical (unpaired) electrons. The lowest BCUT2D eigenvalue weighted by Gasteiger charge is -1.99. The van der Waals surface area contributed by atoms with Crippen molar-refractivity contribution in [3.05, 3.63) is 23.0 Å². The van der Waals surface area contributed by atoms with Gasteiger partial charge in [-0.25, -0.2) is 4.79 Å². The number of hydrogen-bond donors (Lipinski definition) is 0. The quantitative estimate of drug-likeness (QED) is 0.654. The molecule has 0 unspecified atom stereocenters. The van der Waals surface area contributed by atoms with Crippen LogP contribution in [0.5, 0.6) is 0 Å². The Morgan fingerprint density at radius 1 is 1.75 bits per heavy atom. The highest BCUT2D eigenvalue weighted by molar-refractivity contribution is 6.29. The molecule has 0 amide bonds. The molecule has 0 N–H and O–H groups in total. The summed E-state index contributed by atoms with van der Waals surface area (Å²) in [6, 6.07) is 1.41. The van der Waals surface area contributed by atoms with Crippen molar-refractivity contribution in [2.45, 2.75) is 6.92 Å². The zero-order chi connectivity index (χ0) is 8.97. The minimum Gasteiger partial charge on any atom is -0.462 e. The third-order valence-electron chi connectivity index (χ3n) is 1.14. The van der Waals surface area contributed by atoms with Crippen LogP contribution in [0.3, 0.4) is 0 Å². The van der Waals surface area contributed by atoms with Crippen LogP contribution < -0.4 is 0 Å². The third kappa shape index (κ3) is 2.17. The summed E-state index contributed by atoms with van der Waals surface area (Å²) < 4.78 is 4.72. The molecule has 5 heteroatoms. The van der Waals surface area contributed by atoms with Crippen molar-refractivity contribution in [3.8, 4) is 0 Å². The topological polar surface area (TPSA) is 52.1 Å². The molecule has 64 valence electrons. The average Bonchev–Trinajstić information content (AvgIpc) is 2.05. The molecular formula is C7H7ClN2O2. The van der Waals surface area contributed by atoms with E-state index >= 15 is 0 Å². The van der Waals surface area contributed by atoms with Gasteiger partial charge in [-0.2, -0.15) is 5.10 Å². The number of halogens is 1. The molecule has 0 aliphatic rings. The van der Waals surface area contributed by atoms with Crippen LogP contribution in [0.2, 0.25) is 5.15 Å². The van der Waals surface area contributed by atoms with Crippen LogP contribution in [0.1, 0.15) is 17.3 Å². The number of hydrogen-bond acceptors (Lipinski definition) is 4. The number of nitrogens with zero attached hydrogens (tertiary/aromatic N) is 2. The number of aromatic nitrogens is 2. The van der Waals surface area contributed by atoms with Crippen LogP contribution in [0.25, 0.3) is 0 Å². The van der Waals surface area contributed by atoms with Crippen molar-refractivity contribution >= 4 is 17.6 Å². The van der Waals surface area contributed by atoms with Gasteiger partial charge in [-0.3, -0.25) is 0 Å². The lowest BCUT2D eigenvalue weighted by atomic mass is 10.3. The molecule has 1 heterocycles. The van der Waals surface area contributed by atoms with E-state index in [9.17, 15) is 4.79 Å². The maximum atomic E-state index is 11.0. The second-order valence-corrected chi connectivity index (χ2v) is 2.37. The number of carbonyl (C=O) groups is 1. The van der Waals surface area contributed by atoms with E-state index in [-0.39, 0.29) is 5.15 Å². The zero-order valence-corrected chi connectivity index (χ0v) is 7.21. The Balaban J connectivity index is 2.81. The predicted molar refractivity (Wildman–Crippen MR) is 43.0 cm³/mol. The lowest BCUT2D eigenvalue weighted by molar-refractivity contribution is 0.0525. The van der Waals surface area contributed by atoms with Gasteiger partial charge in [0.1, 0.15) is 0 Å². The summed E-state index contributed by atoms with van der Waals surface area (Å²) in [6.45, 7) is 2.06. The fourth-order valence-electron chi connectivity index (χ4n) is 0.667. The van der Waals surface area contributed by atoms with E-state index < -0.39 is 5.97 Å². The van der Waals surface area contributed by atoms with Gasteiger partial charge in [0, 0.05) is 0 Å². The normalized spacial score (nSPS) is 9.50. The maximum Gasteiger partial charge on any atom is 0.339 e. The van der Waals surface area contributed by atoms with E-state index in [1.807, 2.05) is 0 Å². The number of esters is 1. The Kier molecular flexibility index (Phi) is 2.99. The number of carbonyl (C=O) groups excluding carboxylic acids is 1. The molecule has 0 saturated heterocycles. The van der Waals surface area contributed by atoms with Crippen LogP contribution >= 0.6 is 11.6 Å². The largest absolute Gasteiger partial charge is 0.462 e. The molecule has 0 atom stereocenters. The first kappa shape index (κ1) is 8.93. The second-order valence-electron chi connectivity index (χ2n) is 1.99. The molecule has 0 fully saturated rings. The minimum atomic E-state index is -0.436. The molecular weight excluding hydrogens is 180 g/mol. The van der Waals surface area contributed by atoms with Crippen molar-refractivity contribution in [3.63, 3.8) is 0 Å². The molecule has 12 heavy (non-hydrogen) atoms. The van der Waals surface area contributed by atoms with Gasteiger partial charge in [-0.05, 0) is 13.0 Å². The van der Waals surface area contributed by atoms with Crippen molar-refractivity contribution in [2.75, 3.05) is 6.61 Å². The molecule has 4 nitrogen and oxygen atoms in total. The maximum absolute atomic E-state index is 11.0. The monoisotopic (exact) mass is 186 g/mol. The van der Waals surface area contributed by atoms with E-state index in [1.54, 1.807) is 6.92 Å². The Morgan fingerprint density at radius 2 is 2.50 bits per heavy atom. The second kappa shape index (κ2) is 4.01. The molecule has 0 aliphatic carbocycles. The number of rotatable bonds is 2. The van der Waals surface area contributed by atoms with E-state index in [0.717, 1.165) is 0 Å². The van der Waals surface area contributed by atoms with Crippen LogP contribution in [-0.2, 0) is 4.74 Å². The highest BCUT2D eigenvalue weighted by atomic mass is 35.5. The molecule has 1 aromatic rings. The highest BCUT2D eigenvalue weighted by Gasteiger charge is 2.06. The molecule has 0 aliphatic heterocycles. The zero-order valence-electron chi connectivity index (χ0n) is 6.45. The minimum absolute atomic E-state index is 0.181. The first-order chi connectivity index (χ1) is 5.74. The van der Waals surface area contributed by atoms with Crippen LogP contribution in [-0.4, -0.2) is 22.8 Å².